The number of hydrogen-bond acceptors (Lipinski definition) is 3. The predicted molar refractivity (Wildman–Crippen MR) is 81.9 cm³/mol. The van der Waals surface area contributed by atoms with Gasteiger partial charge in [0.25, 0.3) is 0 Å². The van der Waals surface area contributed by atoms with Crippen LogP contribution in [0.5, 0.6) is 0 Å². The molecule has 20 heavy (non-hydrogen) atoms. The molecule has 1 fully saturated rings. The molecule has 0 aliphatic carbocycles. The fourth-order valence-corrected chi connectivity index (χ4v) is 2.83. The van der Waals surface area contributed by atoms with E-state index in [0.29, 0.717) is 11.1 Å². The van der Waals surface area contributed by atoms with Crippen LogP contribution in [0, 0.1) is 0 Å². The highest BCUT2D eigenvalue weighted by atomic mass is 35.5. The first-order valence-corrected chi connectivity index (χ1v) is 7.31. The Balaban J connectivity index is 2.31. The highest BCUT2D eigenvalue weighted by Gasteiger charge is 2.31. The van der Waals surface area contributed by atoms with Crippen LogP contribution < -0.4 is 5.32 Å². The summed E-state index contributed by atoms with van der Waals surface area (Å²) >= 11 is 6.09. The van der Waals surface area contributed by atoms with Crippen LogP contribution >= 0.6 is 11.6 Å². The van der Waals surface area contributed by atoms with Gasteiger partial charge in [-0.15, -0.1) is 0 Å². The minimum absolute atomic E-state index is 0.0985. The maximum absolute atomic E-state index is 12.6. The van der Waals surface area contributed by atoms with E-state index in [0.717, 1.165) is 25.2 Å². The van der Waals surface area contributed by atoms with Gasteiger partial charge in [0.2, 0.25) is 5.91 Å². The normalized spacial score (nSPS) is 21.5. The number of benzene rings is 1. The van der Waals surface area contributed by atoms with Gasteiger partial charge in [0.1, 0.15) is 6.04 Å². The number of amides is 1. The fourth-order valence-electron chi connectivity index (χ4n) is 2.63. The number of piperazine rings is 1. The molecular weight excluding hydrogens is 274 g/mol. The maximum Gasteiger partial charge on any atom is 0.244 e. The first-order valence-electron chi connectivity index (χ1n) is 6.93. The van der Waals surface area contributed by atoms with Crippen molar-refractivity contribution in [1.82, 2.24) is 15.1 Å². The van der Waals surface area contributed by atoms with E-state index >= 15 is 0 Å². The predicted octanol–water partition coefficient (Wildman–Crippen LogP) is 1.76. The quantitative estimate of drug-likeness (QED) is 0.923. The van der Waals surface area contributed by atoms with Gasteiger partial charge in [-0.1, -0.05) is 23.7 Å². The second-order valence-electron chi connectivity index (χ2n) is 5.54. The minimum atomic E-state index is -0.256. The Kier molecular flexibility index (Phi) is 5.02. The molecule has 1 aliphatic heterocycles. The molecule has 4 nitrogen and oxygen atoms in total. The van der Waals surface area contributed by atoms with Gasteiger partial charge < -0.3 is 10.2 Å². The summed E-state index contributed by atoms with van der Waals surface area (Å²) in [7, 11) is 3.59. The molecule has 0 aromatic heterocycles. The molecule has 1 N–H and O–H groups in total. The number of carbonyl (C=O) groups excluding carboxylic acids is 1. The van der Waals surface area contributed by atoms with Crippen LogP contribution in [0.4, 0.5) is 0 Å². The van der Waals surface area contributed by atoms with E-state index in [1.54, 1.807) is 19.0 Å². The summed E-state index contributed by atoms with van der Waals surface area (Å²) in [6, 6.07) is 7.74. The summed E-state index contributed by atoms with van der Waals surface area (Å²) in [5.41, 5.74) is 0.963. The number of halogens is 1. The standard InChI is InChI=1S/C15H22ClN3O/c1-11-10-19(8-7-17-11)14(15(20)18(2)3)12-5-4-6-13(16)9-12/h4-6,9,11,14,17H,7-8,10H2,1-3H3. The van der Waals surface area contributed by atoms with Crippen molar-refractivity contribution in [2.45, 2.75) is 19.0 Å². The first-order chi connectivity index (χ1) is 9.49. The van der Waals surface area contributed by atoms with E-state index in [-0.39, 0.29) is 11.9 Å². The molecule has 1 aromatic rings. The van der Waals surface area contributed by atoms with Crippen LogP contribution in [0.3, 0.4) is 0 Å². The molecule has 1 heterocycles. The Bertz CT molecular complexity index is 478. The molecule has 0 bridgehead atoms. The Morgan fingerprint density at radius 1 is 1.50 bits per heavy atom. The lowest BCUT2D eigenvalue weighted by atomic mass is 10.0. The minimum Gasteiger partial charge on any atom is -0.347 e. The fraction of sp³-hybridized carbons (Fsp3) is 0.533. The molecule has 110 valence electrons. The zero-order valence-electron chi connectivity index (χ0n) is 12.3. The van der Waals surface area contributed by atoms with Gasteiger partial charge >= 0.3 is 0 Å². The zero-order valence-corrected chi connectivity index (χ0v) is 13.0. The summed E-state index contributed by atoms with van der Waals surface area (Å²) in [6.07, 6.45) is 0. The third-order valence-electron chi connectivity index (χ3n) is 3.60. The van der Waals surface area contributed by atoms with Gasteiger partial charge in [-0.3, -0.25) is 9.69 Å². The molecule has 0 spiro atoms. The van der Waals surface area contributed by atoms with Crippen molar-refractivity contribution in [2.75, 3.05) is 33.7 Å². The van der Waals surface area contributed by atoms with Gasteiger partial charge in [0.15, 0.2) is 0 Å². The van der Waals surface area contributed by atoms with E-state index in [2.05, 4.69) is 17.1 Å². The second-order valence-corrected chi connectivity index (χ2v) is 5.98. The molecular formula is C15H22ClN3O. The Hall–Kier alpha value is -1.10. The van der Waals surface area contributed by atoms with E-state index in [4.69, 9.17) is 11.6 Å². The summed E-state index contributed by atoms with van der Waals surface area (Å²) in [5, 5.41) is 4.07. The zero-order chi connectivity index (χ0) is 14.7. The van der Waals surface area contributed by atoms with E-state index < -0.39 is 0 Å². The Morgan fingerprint density at radius 2 is 2.25 bits per heavy atom. The smallest absolute Gasteiger partial charge is 0.244 e. The monoisotopic (exact) mass is 295 g/mol. The number of hydrogen-bond donors (Lipinski definition) is 1. The van der Waals surface area contributed by atoms with Crippen LogP contribution in [0.1, 0.15) is 18.5 Å². The molecule has 1 amide bonds. The third-order valence-corrected chi connectivity index (χ3v) is 3.84. The van der Waals surface area contributed by atoms with Crippen LogP contribution in [0.15, 0.2) is 24.3 Å². The van der Waals surface area contributed by atoms with Crippen molar-refractivity contribution in [2.24, 2.45) is 0 Å². The molecule has 2 unspecified atom stereocenters. The van der Waals surface area contributed by atoms with Crippen molar-refractivity contribution in [3.05, 3.63) is 34.9 Å². The average molecular weight is 296 g/mol. The number of nitrogens with one attached hydrogen (secondary N) is 1. The molecule has 0 saturated carbocycles. The van der Waals surface area contributed by atoms with Gasteiger partial charge in [-0.05, 0) is 24.6 Å². The van der Waals surface area contributed by atoms with Gasteiger partial charge in [0, 0.05) is 44.8 Å². The first kappa shape index (κ1) is 15.3. The maximum atomic E-state index is 12.6. The highest BCUT2D eigenvalue weighted by molar-refractivity contribution is 6.30. The lowest BCUT2D eigenvalue weighted by Gasteiger charge is -2.38. The Morgan fingerprint density at radius 3 is 2.85 bits per heavy atom. The van der Waals surface area contributed by atoms with E-state index in [1.165, 1.54) is 0 Å². The summed E-state index contributed by atoms with van der Waals surface area (Å²) in [6.45, 7) is 4.76. The molecule has 5 heteroatoms. The van der Waals surface area contributed by atoms with E-state index in [1.807, 2.05) is 24.3 Å². The van der Waals surface area contributed by atoms with Crippen molar-refractivity contribution in [3.8, 4) is 0 Å². The van der Waals surface area contributed by atoms with Crippen LogP contribution in [-0.2, 0) is 4.79 Å². The van der Waals surface area contributed by atoms with Crippen LogP contribution in [-0.4, -0.2) is 55.5 Å². The third kappa shape index (κ3) is 3.51. The van der Waals surface area contributed by atoms with Crippen molar-refractivity contribution in [1.29, 1.82) is 0 Å². The number of rotatable bonds is 3. The lowest BCUT2D eigenvalue weighted by Crippen LogP contribution is -2.53. The number of carbonyl (C=O) groups is 1. The van der Waals surface area contributed by atoms with Crippen molar-refractivity contribution in [3.63, 3.8) is 0 Å². The van der Waals surface area contributed by atoms with Gasteiger partial charge in [-0.2, -0.15) is 0 Å². The summed E-state index contributed by atoms with van der Waals surface area (Å²) < 4.78 is 0. The highest BCUT2D eigenvalue weighted by Crippen LogP contribution is 2.26. The van der Waals surface area contributed by atoms with E-state index in [9.17, 15) is 4.79 Å². The lowest BCUT2D eigenvalue weighted by molar-refractivity contribution is -0.135. The van der Waals surface area contributed by atoms with Crippen LogP contribution in [0.2, 0.25) is 5.02 Å². The van der Waals surface area contributed by atoms with Crippen molar-refractivity contribution < 1.29 is 4.79 Å². The van der Waals surface area contributed by atoms with Crippen LogP contribution in [0.25, 0.3) is 0 Å². The molecule has 1 saturated heterocycles. The number of likely N-dealkylation sites (N-methyl/N-ethyl adjacent to an activating group) is 1. The van der Waals surface area contributed by atoms with Gasteiger partial charge in [-0.25, -0.2) is 0 Å². The molecule has 2 rings (SSSR count). The molecule has 2 atom stereocenters. The molecule has 0 radical (unpaired) electrons. The summed E-state index contributed by atoms with van der Waals surface area (Å²) in [4.78, 5) is 16.5. The van der Waals surface area contributed by atoms with Gasteiger partial charge in [0.05, 0.1) is 0 Å². The Labute approximate surface area is 125 Å². The summed E-state index contributed by atoms with van der Waals surface area (Å²) in [5.74, 6) is 0.0985. The molecule has 1 aromatic carbocycles. The molecule has 1 aliphatic rings. The SMILES string of the molecule is CC1CN(C(C(=O)N(C)C)c2cccc(Cl)c2)CCN1. The topological polar surface area (TPSA) is 35.6 Å². The average Bonchev–Trinajstić information content (AvgIpc) is 2.39. The van der Waals surface area contributed by atoms with Crippen molar-refractivity contribution >= 4 is 17.5 Å². The largest absolute Gasteiger partial charge is 0.347 e. The number of nitrogens with zero attached hydrogens (tertiary/aromatic N) is 2. The second kappa shape index (κ2) is 6.57.